The number of sulfone groups is 1. The van der Waals surface area contributed by atoms with Crippen LogP contribution in [0.15, 0.2) is 29.3 Å². The Morgan fingerprint density at radius 2 is 1.96 bits per heavy atom. The number of hydrogen-bond acceptors (Lipinski definition) is 5. The number of methoxy groups -OCH3 is 1. The van der Waals surface area contributed by atoms with Crippen molar-refractivity contribution >= 4 is 15.8 Å². The second kappa shape index (κ2) is 10.5. The lowest BCUT2D eigenvalue weighted by Gasteiger charge is -2.28. The summed E-state index contributed by atoms with van der Waals surface area (Å²) >= 11 is 0. The van der Waals surface area contributed by atoms with Gasteiger partial charge in [0, 0.05) is 24.9 Å². The maximum absolute atomic E-state index is 11.3. The van der Waals surface area contributed by atoms with Crippen molar-refractivity contribution in [2.75, 3.05) is 51.8 Å². The Morgan fingerprint density at radius 1 is 1.26 bits per heavy atom. The lowest BCUT2D eigenvalue weighted by atomic mass is 10.0. The number of likely N-dealkylation sites (tertiary alicyclic amines) is 1. The highest BCUT2D eigenvalue weighted by Gasteiger charge is 2.25. The first-order chi connectivity index (χ1) is 12.9. The van der Waals surface area contributed by atoms with Crippen LogP contribution in [-0.2, 0) is 9.84 Å². The highest BCUT2D eigenvalue weighted by atomic mass is 32.2. The molecule has 0 spiro atoms. The molecule has 7 nitrogen and oxygen atoms in total. The first-order valence-corrected chi connectivity index (χ1v) is 11.6. The van der Waals surface area contributed by atoms with Crippen molar-refractivity contribution in [3.05, 3.63) is 29.8 Å². The zero-order valence-electron chi connectivity index (χ0n) is 16.6. The van der Waals surface area contributed by atoms with E-state index in [2.05, 4.69) is 21.6 Å². The number of nitrogens with zero attached hydrogens (tertiary/aromatic N) is 2. The molecule has 1 unspecified atom stereocenters. The Kier molecular flexibility index (Phi) is 8.37. The molecule has 1 aromatic carbocycles. The fraction of sp³-hybridized carbons (Fsp3) is 0.632. The van der Waals surface area contributed by atoms with Crippen LogP contribution >= 0.6 is 0 Å². The third-order valence-electron chi connectivity index (χ3n) is 4.61. The largest absolute Gasteiger partial charge is 0.496 e. The van der Waals surface area contributed by atoms with E-state index >= 15 is 0 Å². The summed E-state index contributed by atoms with van der Waals surface area (Å²) in [5, 5.41) is 6.30. The molecule has 8 heteroatoms. The van der Waals surface area contributed by atoms with E-state index in [1.807, 2.05) is 25.1 Å². The fourth-order valence-corrected chi connectivity index (χ4v) is 3.75. The summed E-state index contributed by atoms with van der Waals surface area (Å²) in [4.78, 5) is 7.18. The second-order valence-corrected chi connectivity index (χ2v) is 9.04. The highest BCUT2D eigenvalue weighted by molar-refractivity contribution is 7.90. The Morgan fingerprint density at radius 3 is 2.59 bits per heavy atom. The van der Waals surface area contributed by atoms with Crippen LogP contribution in [0.2, 0.25) is 0 Å². The van der Waals surface area contributed by atoms with Gasteiger partial charge < -0.3 is 15.4 Å². The zero-order chi connectivity index (χ0) is 19.7. The van der Waals surface area contributed by atoms with Crippen LogP contribution in [0.25, 0.3) is 0 Å². The number of ether oxygens (including phenoxy) is 1. The van der Waals surface area contributed by atoms with Crippen molar-refractivity contribution < 1.29 is 13.2 Å². The van der Waals surface area contributed by atoms with Crippen LogP contribution in [0.3, 0.4) is 0 Å². The van der Waals surface area contributed by atoms with Gasteiger partial charge in [-0.3, -0.25) is 9.89 Å². The summed E-state index contributed by atoms with van der Waals surface area (Å²) < 4.78 is 28.3. The molecule has 0 bridgehead atoms. The van der Waals surface area contributed by atoms with E-state index in [4.69, 9.17) is 9.73 Å². The Hall–Kier alpha value is -1.80. The van der Waals surface area contributed by atoms with Gasteiger partial charge in [0.15, 0.2) is 5.96 Å². The van der Waals surface area contributed by atoms with Crippen LogP contribution < -0.4 is 15.4 Å². The predicted molar refractivity (Wildman–Crippen MR) is 110 cm³/mol. The quantitative estimate of drug-likeness (QED) is 0.485. The molecule has 2 N–H and O–H groups in total. The van der Waals surface area contributed by atoms with E-state index in [1.165, 1.54) is 19.1 Å². The SMILES string of the molecule is CCNC(=NCC(c1ccccc1OC)N1CCCC1)NCCS(C)(=O)=O. The molecule has 1 aliphatic heterocycles. The molecule has 0 radical (unpaired) electrons. The zero-order valence-corrected chi connectivity index (χ0v) is 17.4. The first kappa shape index (κ1) is 21.5. The highest BCUT2D eigenvalue weighted by Crippen LogP contribution is 2.31. The summed E-state index contributed by atoms with van der Waals surface area (Å²) in [5.41, 5.74) is 1.14. The number of rotatable bonds is 9. The number of hydrogen-bond donors (Lipinski definition) is 2. The monoisotopic (exact) mass is 396 g/mol. The molecule has 1 fully saturated rings. The average Bonchev–Trinajstić information content (AvgIpc) is 3.15. The molecule has 0 saturated carbocycles. The summed E-state index contributed by atoms with van der Waals surface area (Å²) in [6.07, 6.45) is 3.63. The number of nitrogens with one attached hydrogen (secondary N) is 2. The van der Waals surface area contributed by atoms with Gasteiger partial charge in [-0.05, 0) is 38.9 Å². The van der Waals surface area contributed by atoms with Gasteiger partial charge in [-0.25, -0.2) is 8.42 Å². The Labute approximate surface area is 163 Å². The van der Waals surface area contributed by atoms with Gasteiger partial charge in [-0.1, -0.05) is 18.2 Å². The maximum Gasteiger partial charge on any atom is 0.191 e. The van der Waals surface area contributed by atoms with Crippen molar-refractivity contribution in [2.24, 2.45) is 4.99 Å². The number of benzene rings is 1. The standard InChI is InChI=1S/C19H32N4O3S/c1-4-20-19(21-11-14-27(3,24)25)22-15-17(23-12-7-8-13-23)16-9-5-6-10-18(16)26-2/h5-6,9-10,17H,4,7-8,11-15H2,1-3H3,(H2,20,21,22). The molecule has 1 atom stereocenters. The fourth-order valence-electron chi connectivity index (χ4n) is 3.28. The predicted octanol–water partition coefficient (Wildman–Crippen LogP) is 1.43. The first-order valence-electron chi connectivity index (χ1n) is 9.51. The third kappa shape index (κ3) is 7.03. The molecule has 1 aromatic rings. The summed E-state index contributed by atoms with van der Waals surface area (Å²) in [6, 6.07) is 8.22. The van der Waals surface area contributed by atoms with Gasteiger partial charge in [-0.2, -0.15) is 0 Å². The van der Waals surface area contributed by atoms with Gasteiger partial charge in [0.2, 0.25) is 0 Å². The molecule has 0 amide bonds. The van der Waals surface area contributed by atoms with Gasteiger partial charge >= 0.3 is 0 Å². The molecule has 0 aliphatic carbocycles. The van der Waals surface area contributed by atoms with Crippen molar-refractivity contribution in [1.82, 2.24) is 15.5 Å². The van der Waals surface area contributed by atoms with E-state index in [0.717, 1.165) is 24.4 Å². The van der Waals surface area contributed by atoms with Gasteiger partial charge in [-0.15, -0.1) is 0 Å². The molecule has 0 aromatic heterocycles. The average molecular weight is 397 g/mol. The summed E-state index contributed by atoms with van der Waals surface area (Å²) in [7, 11) is -1.31. The molecule has 2 rings (SSSR count). The summed E-state index contributed by atoms with van der Waals surface area (Å²) in [6.45, 7) is 5.73. The molecule has 1 aliphatic rings. The minimum Gasteiger partial charge on any atom is -0.496 e. The van der Waals surface area contributed by atoms with Crippen molar-refractivity contribution in [3.63, 3.8) is 0 Å². The van der Waals surface area contributed by atoms with Crippen molar-refractivity contribution in [2.45, 2.75) is 25.8 Å². The molecule has 1 saturated heterocycles. The third-order valence-corrected chi connectivity index (χ3v) is 5.56. The lowest BCUT2D eigenvalue weighted by Crippen LogP contribution is -2.40. The summed E-state index contributed by atoms with van der Waals surface area (Å²) in [5.74, 6) is 1.60. The van der Waals surface area contributed by atoms with Crippen LogP contribution in [-0.4, -0.2) is 71.1 Å². The molecule has 152 valence electrons. The van der Waals surface area contributed by atoms with E-state index in [1.54, 1.807) is 7.11 Å². The van der Waals surface area contributed by atoms with E-state index in [-0.39, 0.29) is 11.8 Å². The van der Waals surface area contributed by atoms with Crippen LogP contribution in [0, 0.1) is 0 Å². The van der Waals surface area contributed by atoms with E-state index in [0.29, 0.717) is 25.6 Å². The minimum atomic E-state index is -3.00. The smallest absolute Gasteiger partial charge is 0.191 e. The van der Waals surface area contributed by atoms with Gasteiger partial charge in [0.05, 0.1) is 25.4 Å². The maximum atomic E-state index is 11.3. The van der Waals surface area contributed by atoms with E-state index in [9.17, 15) is 8.42 Å². The Bertz CT molecular complexity index is 715. The number of aliphatic imine (C=N–C) groups is 1. The van der Waals surface area contributed by atoms with Crippen molar-refractivity contribution in [3.8, 4) is 5.75 Å². The van der Waals surface area contributed by atoms with Gasteiger partial charge in [0.25, 0.3) is 0 Å². The normalized spacial score (nSPS) is 16.9. The minimum absolute atomic E-state index is 0.0828. The van der Waals surface area contributed by atoms with E-state index < -0.39 is 9.84 Å². The molecule has 1 heterocycles. The second-order valence-electron chi connectivity index (χ2n) is 6.78. The number of guanidine groups is 1. The van der Waals surface area contributed by atoms with Crippen LogP contribution in [0.4, 0.5) is 0 Å². The molecule has 27 heavy (non-hydrogen) atoms. The topological polar surface area (TPSA) is 83.0 Å². The van der Waals surface area contributed by atoms with Crippen molar-refractivity contribution in [1.29, 1.82) is 0 Å². The molecular formula is C19H32N4O3S. The number of para-hydroxylation sites is 1. The van der Waals surface area contributed by atoms with Gasteiger partial charge in [0.1, 0.15) is 15.6 Å². The van der Waals surface area contributed by atoms with Crippen LogP contribution in [0.5, 0.6) is 5.75 Å². The lowest BCUT2D eigenvalue weighted by molar-refractivity contribution is 0.245. The van der Waals surface area contributed by atoms with Crippen LogP contribution in [0.1, 0.15) is 31.4 Å². The molecular weight excluding hydrogens is 364 g/mol. The Balaban J connectivity index is 2.15.